The van der Waals surface area contributed by atoms with Gasteiger partial charge in [0.1, 0.15) is 5.82 Å². The number of rotatable bonds is 4. The number of carboxylic acid groups (broad SMARTS) is 1. The van der Waals surface area contributed by atoms with E-state index in [0.717, 1.165) is 6.07 Å². The van der Waals surface area contributed by atoms with E-state index in [9.17, 15) is 9.59 Å². The van der Waals surface area contributed by atoms with Crippen LogP contribution in [0, 0.1) is 0 Å². The maximum atomic E-state index is 11.7. The van der Waals surface area contributed by atoms with Crippen molar-refractivity contribution in [3.05, 3.63) is 35.7 Å². The normalized spacial score (nSPS) is 12.1. The number of nitrogens with zero attached hydrogens (tertiary/aromatic N) is 2. The molecule has 0 radical (unpaired) electrons. The second-order valence-corrected chi connectivity index (χ2v) is 3.55. The van der Waals surface area contributed by atoms with E-state index in [-0.39, 0.29) is 17.5 Å². The Hall–Kier alpha value is -2.64. The van der Waals surface area contributed by atoms with Crippen molar-refractivity contribution in [3.8, 4) is 0 Å². The molecule has 0 aliphatic rings. The predicted molar refractivity (Wildman–Crippen MR) is 57.9 cm³/mol. The van der Waals surface area contributed by atoms with E-state index in [2.05, 4.69) is 25.0 Å². The van der Waals surface area contributed by atoms with Gasteiger partial charge in [0, 0.05) is 18.5 Å². The van der Waals surface area contributed by atoms with E-state index < -0.39 is 11.9 Å². The second-order valence-electron chi connectivity index (χ2n) is 3.55. The third kappa shape index (κ3) is 2.37. The highest BCUT2D eigenvalue weighted by atomic mass is 16.5. The number of carbonyl (C=O) groups excluding carboxylic acids is 1. The lowest BCUT2D eigenvalue weighted by Gasteiger charge is -2.09. The number of nitrogens with one attached hydrogen (secondary N) is 2. The van der Waals surface area contributed by atoms with E-state index in [4.69, 9.17) is 5.11 Å². The fourth-order valence-electron chi connectivity index (χ4n) is 1.34. The molecular formula is C10H10N4O4. The maximum Gasteiger partial charge on any atom is 0.374 e. The third-order valence-corrected chi connectivity index (χ3v) is 2.23. The van der Waals surface area contributed by atoms with Gasteiger partial charge in [0.25, 0.3) is 5.91 Å². The minimum absolute atomic E-state index is 0.0918. The van der Waals surface area contributed by atoms with Gasteiger partial charge in [-0.15, -0.1) is 0 Å². The van der Waals surface area contributed by atoms with Crippen molar-refractivity contribution in [2.45, 2.75) is 13.0 Å². The molecule has 0 saturated carbocycles. The van der Waals surface area contributed by atoms with Crippen LogP contribution in [0.1, 0.15) is 39.8 Å². The molecule has 1 amide bonds. The van der Waals surface area contributed by atoms with Crippen LogP contribution in [0.3, 0.4) is 0 Å². The van der Waals surface area contributed by atoms with Gasteiger partial charge in [-0.2, -0.15) is 0 Å². The molecule has 0 spiro atoms. The van der Waals surface area contributed by atoms with Gasteiger partial charge in [-0.25, -0.2) is 9.78 Å². The Bertz CT molecular complexity index is 560. The number of imidazole rings is 1. The first kappa shape index (κ1) is 11.8. The van der Waals surface area contributed by atoms with Crippen LogP contribution in [0.25, 0.3) is 0 Å². The molecule has 2 aromatic rings. The number of aromatic carboxylic acids is 1. The van der Waals surface area contributed by atoms with Crippen molar-refractivity contribution in [1.82, 2.24) is 20.4 Å². The topological polar surface area (TPSA) is 121 Å². The molecule has 0 aromatic carbocycles. The number of carbonyl (C=O) groups is 2. The van der Waals surface area contributed by atoms with Crippen molar-refractivity contribution < 1.29 is 19.2 Å². The number of H-pyrrole nitrogens is 1. The largest absolute Gasteiger partial charge is 0.475 e. The number of carboxylic acids is 1. The molecule has 0 fully saturated rings. The van der Waals surface area contributed by atoms with Gasteiger partial charge in [-0.3, -0.25) is 4.79 Å². The van der Waals surface area contributed by atoms with Crippen molar-refractivity contribution in [3.63, 3.8) is 0 Å². The Morgan fingerprint density at radius 1 is 1.56 bits per heavy atom. The number of hydrogen-bond acceptors (Lipinski definition) is 5. The summed E-state index contributed by atoms with van der Waals surface area (Å²) >= 11 is 0. The van der Waals surface area contributed by atoms with E-state index in [1.807, 2.05) is 0 Å². The first-order valence-electron chi connectivity index (χ1n) is 5.08. The highest BCUT2D eigenvalue weighted by Gasteiger charge is 2.19. The standard InChI is InChI=1S/C10H10N4O4/c1-5(8-11-2-3-12-8)13-9(15)6-4-7(10(16)17)18-14-6/h2-5H,1H3,(H,11,12)(H,13,15)(H,16,17). The van der Waals surface area contributed by atoms with Crippen molar-refractivity contribution >= 4 is 11.9 Å². The number of aromatic amines is 1. The van der Waals surface area contributed by atoms with E-state index in [0.29, 0.717) is 5.82 Å². The minimum atomic E-state index is -1.28. The molecule has 2 rings (SSSR count). The van der Waals surface area contributed by atoms with Crippen molar-refractivity contribution in [2.75, 3.05) is 0 Å². The lowest BCUT2D eigenvalue weighted by Crippen LogP contribution is -2.27. The van der Waals surface area contributed by atoms with Gasteiger partial charge in [0.15, 0.2) is 5.69 Å². The zero-order valence-corrected chi connectivity index (χ0v) is 9.38. The van der Waals surface area contributed by atoms with Crippen LogP contribution in [0.15, 0.2) is 23.0 Å². The third-order valence-electron chi connectivity index (χ3n) is 2.23. The van der Waals surface area contributed by atoms with Crippen LogP contribution >= 0.6 is 0 Å². The maximum absolute atomic E-state index is 11.7. The summed E-state index contributed by atoms with van der Waals surface area (Å²) in [6.07, 6.45) is 3.20. The Kier molecular flexibility index (Phi) is 3.09. The minimum Gasteiger partial charge on any atom is -0.475 e. The highest BCUT2D eigenvalue weighted by Crippen LogP contribution is 2.08. The fourth-order valence-corrected chi connectivity index (χ4v) is 1.34. The predicted octanol–water partition coefficient (Wildman–Crippen LogP) is 0.587. The summed E-state index contributed by atoms with van der Waals surface area (Å²) < 4.78 is 4.49. The first-order chi connectivity index (χ1) is 8.58. The molecule has 0 saturated heterocycles. The van der Waals surface area contributed by atoms with E-state index in [1.165, 1.54) is 0 Å². The number of amides is 1. The quantitative estimate of drug-likeness (QED) is 0.730. The number of hydrogen-bond donors (Lipinski definition) is 3. The van der Waals surface area contributed by atoms with Gasteiger partial charge >= 0.3 is 5.97 Å². The van der Waals surface area contributed by atoms with Crippen LogP contribution in [0.4, 0.5) is 0 Å². The van der Waals surface area contributed by atoms with Crippen LogP contribution in [-0.2, 0) is 0 Å². The summed E-state index contributed by atoms with van der Waals surface area (Å²) in [4.78, 5) is 29.1. The fraction of sp³-hybridized carbons (Fsp3) is 0.200. The molecule has 3 N–H and O–H groups in total. The molecule has 8 nitrogen and oxygen atoms in total. The molecule has 2 aromatic heterocycles. The molecule has 0 aliphatic carbocycles. The van der Waals surface area contributed by atoms with Crippen LogP contribution in [0.5, 0.6) is 0 Å². The summed E-state index contributed by atoms with van der Waals surface area (Å²) in [6, 6.07) is 0.712. The van der Waals surface area contributed by atoms with Crippen LogP contribution in [-0.4, -0.2) is 32.1 Å². The summed E-state index contributed by atoms with van der Waals surface area (Å²) in [5.41, 5.74) is -0.0918. The summed E-state index contributed by atoms with van der Waals surface area (Å²) in [5.74, 6) is -1.60. The second kappa shape index (κ2) is 4.70. The van der Waals surface area contributed by atoms with Crippen LogP contribution < -0.4 is 5.32 Å². The first-order valence-corrected chi connectivity index (χ1v) is 5.08. The van der Waals surface area contributed by atoms with Crippen molar-refractivity contribution in [2.24, 2.45) is 0 Å². The zero-order valence-electron chi connectivity index (χ0n) is 9.38. The smallest absolute Gasteiger partial charge is 0.374 e. The molecular weight excluding hydrogens is 240 g/mol. The summed E-state index contributed by atoms with van der Waals surface area (Å²) in [6.45, 7) is 1.73. The van der Waals surface area contributed by atoms with E-state index in [1.54, 1.807) is 19.3 Å². The molecule has 8 heteroatoms. The van der Waals surface area contributed by atoms with Gasteiger partial charge in [0.05, 0.1) is 6.04 Å². The molecule has 1 unspecified atom stereocenters. The van der Waals surface area contributed by atoms with Gasteiger partial charge < -0.3 is 19.9 Å². The lowest BCUT2D eigenvalue weighted by molar-refractivity contribution is 0.0651. The van der Waals surface area contributed by atoms with E-state index >= 15 is 0 Å². The average Bonchev–Trinajstić information content (AvgIpc) is 3.00. The Labute approximate surface area is 101 Å². The Morgan fingerprint density at radius 2 is 2.33 bits per heavy atom. The molecule has 1 atom stereocenters. The molecule has 2 heterocycles. The average molecular weight is 250 g/mol. The number of aromatic nitrogens is 3. The SMILES string of the molecule is CC(NC(=O)c1cc(C(=O)O)on1)c1ncc[nH]1. The zero-order chi connectivity index (χ0) is 13.1. The van der Waals surface area contributed by atoms with Crippen LogP contribution in [0.2, 0.25) is 0 Å². The van der Waals surface area contributed by atoms with Gasteiger partial charge in [-0.05, 0) is 6.92 Å². The summed E-state index contributed by atoms with van der Waals surface area (Å²) in [7, 11) is 0. The molecule has 0 aliphatic heterocycles. The Morgan fingerprint density at radius 3 is 2.89 bits per heavy atom. The Balaban J connectivity index is 2.05. The van der Waals surface area contributed by atoms with Gasteiger partial charge in [-0.1, -0.05) is 5.16 Å². The highest BCUT2D eigenvalue weighted by molar-refractivity contribution is 5.94. The molecule has 94 valence electrons. The monoisotopic (exact) mass is 250 g/mol. The molecule has 18 heavy (non-hydrogen) atoms. The summed E-state index contributed by atoms with van der Waals surface area (Å²) in [5, 5.41) is 14.6. The lowest BCUT2D eigenvalue weighted by atomic mass is 10.3. The van der Waals surface area contributed by atoms with Gasteiger partial charge in [0.2, 0.25) is 5.76 Å². The van der Waals surface area contributed by atoms with Crippen molar-refractivity contribution in [1.29, 1.82) is 0 Å². The molecule has 0 bridgehead atoms.